The van der Waals surface area contributed by atoms with Crippen LogP contribution in [0.5, 0.6) is 0 Å². The van der Waals surface area contributed by atoms with Crippen molar-refractivity contribution >= 4 is 29.1 Å². The van der Waals surface area contributed by atoms with E-state index in [1.54, 1.807) is 6.07 Å². The number of hydrogen-bond acceptors (Lipinski definition) is 4. The van der Waals surface area contributed by atoms with Crippen LogP contribution in [0.1, 0.15) is 30.1 Å². The number of halogens is 2. The summed E-state index contributed by atoms with van der Waals surface area (Å²) in [6.45, 7) is 3.70. The summed E-state index contributed by atoms with van der Waals surface area (Å²) in [5.41, 5.74) is 1.04. The fourth-order valence-corrected chi connectivity index (χ4v) is 2.94. The number of nitrogens with one attached hydrogen (secondary N) is 1. The fourth-order valence-electron chi connectivity index (χ4n) is 2.76. The Kier molecular flexibility index (Phi) is 4.94. The third-order valence-corrected chi connectivity index (χ3v) is 4.31. The van der Waals surface area contributed by atoms with Crippen LogP contribution in [0.2, 0.25) is 5.02 Å². The molecule has 1 aliphatic rings. The molecule has 1 atom stereocenters. The molecule has 1 saturated heterocycles. The molecule has 1 unspecified atom stereocenters. The quantitative estimate of drug-likeness (QED) is 0.914. The first-order valence-corrected chi connectivity index (χ1v) is 8.24. The lowest BCUT2D eigenvalue weighted by atomic mass is 10.00. The summed E-state index contributed by atoms with van der Waals surface area (Å²) in [7, 11) is 0. The molecular weight excluding hydrogens is 331 g/mol. The van der Waals surface area contributed by atoms with Gasteiger partial charge < -0.3 is 10.2 Å². The van der Waals surface area contributed by atoms with Gasteiger partial charge in [0.2, 0.25) is 5.95 Å². The molecule has 1 aromatic heterocycles. The Balaban J connectivity index is 1.68. The normalized spacial score (nSPS) is 17.6. The summed E-state index contributed by atoms with van der Waals surface area (Å²) in [5, 5.41) is 2.95. The molecule has 1 fully saturated rings. The van der Waals surface area contributed by atoms with Gasteiger partial charge in [0.1, 0.15) is 5.82 Å². The molecule has 3 rings (SSSR count). The second kappa shape index (κ2) is 7.13. The molecular formula is C17H18ClFN4O. The van der Waals surface area contributed by atoms with Crippen LogP contribution >= 0.6 is 11.6 Å². The molecule has 0 bridgehead atoms. The average Bonchev–Trinajstić information content (AvgIpc) is 2.58. The van der Waals surface area contributed by atoms with Crippen LogP contribution < -0.4 is 5.32 Å². The maximum atomic E-state index is 13.2. The van der Waals surface area contributed by atoms with Gasteiger partial charge in [-0.3, -0.25) is 4.79 Å². The number of likely N-dealkylation sites (tertiary alicyclic amines) is 1. The van der Waals surface area contributed by atoms with Gasteiger partial charge in [-0.05, 0) is 37.0 Å². The minimum atomic E-state index is -0.486. The molecule has 7 heteroatoms. The third-order valence-electron chi connectivity index (χ3n) is 4.02. The highest BCUT2D eigenvalue weighted by Gasteiger charge is 2.22. The van der Waals surface area contributed by atoms with Crippen molar-refractivity contribution in [3.05, 3.63) is 47.0 Å². The van der Waals surface area contributed by atoms with E-state index in [0.29, 0.717) is 23.1 Å². The lowest BCUT2D eigenvalue weighted by Crippen LogP contribution is -2.39. The highest BCUT2D eigenvalue weighted by molar-refractivity contribution is 6.31. The van der Waals surface area contributed by atoms with Crippen molar-refractivity contribution in [3.63, 3.8) is 0 Å². The van der Waals surface area contributed by atoms with E-state index in [1.165, 1.54) is 24.5 Å². The number of nitrogens with zero attached hydrogens (tertiary/aromatic N) is 3. The van der Waals surface area contributed by atoms with Gasteiger partial charge in [-0.25, -0.2) is 14.4 Å². The zero-order valence-electron chi connectivity index (χ0n) is 13.3. The smallest absolute Gasteiger partial charge is 0.257 e. The summed E-state index contributed by atoms with van der Waals surface area (Å²) in [4.78, 5) is 22.6. The van der Waals surface area contributed by atoms with E-state index in [-0.39, 0.29) is 10.9 Å². The highest BCUT2D eigenvalue weighted by atomic mass is 35.5. The number of benzene rings is 1. The third kappa shape index (κ3) is 3.82. The molecule has 1 amide bonds. The SMILES string of the molecule is CC1CCCN(C(=O)c2cnc(Nc3ccc(F)c(Cl)c3)nc2)C1. The molecule has 1 aliphatic heterocycles. The Labute approximate surface area is 144 Å². The van der Waals surface area contributed by atoms with Crippen LogP contribution in [0.4, 0.5) is 16.0 Å². The molecule has 0 spiro atoms. The molecule has 1 N–H and O–H groups in total. The number of carbonyl (C=O) groups is 1. The predicted molar refractivity (Wildman–Crippen MR) is 91.0 cm³/mol. The van der Waals surface area contributed by atoms with Gasteiger partial charge in [-0.1, -0.05) is 18.5 Å². The number of amides is 1. The van der Waals surface area contributed by atoms with Crippen LogP contribution in [0, 0.1) is 11.7 Å². The van der Waals surface area contributed by atoms with Gasteiger partial charge in [0.05, 0.1) is 10.6 Å². The lowest BCUT2D eigenvalue weighted by molar-refractivity contribution is 0.0682. The van der Waals surface area contributed by atoms with Gasteiger partial charge in [0.15, 0.2) is 0 Å². The number of carbonyl (C=O) groups excluding carboxylic acids is 1. The standard InChI is InChI=1S/C17H18ClFN4O/c1-11-3-2-6-23(10-11)16(24)12-8-20-17(21-9-12)22-13-4-5-15(19)14(18)7-13/h4-5,7-9,11H,2-3,6,10H2,1H3,(H,20,21,22). The Bertz CT molecular complexity index is 738. The van der Waals surface area contributed by atoms with Crippen molar-refractivity contribution in [2.24, 2.45) is 5.92 Å². The van der Waals surface area contributed by atoms with E-state index in [4.69, 9.17) is 11.6 Å². The molecule has 2 heterocycles. The summed E-state index contributed by atoms with van der Waals surface area (Å²) < 4.78 is 13.2. The highest BCUT2D eigenvalue weighted by Crippen LogP contribution is 2.21. The first kappa shape index (κ1) is 16.6. The van der Waals surface area contributed by atoms with Gasteiger partial charge in [-0.2, -0.15) is 0 Å². The van der Waals surface area contributed by atoms with E-state index in [2.05, 4.69) is 22.2 Å². The van der Waals surface area contributed by atoms with Crippen molar-refractivity contribution in [2.45, 2.75) is 19.8 Å². The number of piperidine rings is 1. The largest absolute Gasteiger partial charge is 0.338 e. The minimum absolute atomic E-state index is 0.0195. The Hall–Kier alpha value is -2.21. The van der Waals surface area contributed by atoms with Crippen molar-refractivity contribution in [2.75, 3.05) is 18.4 Å². The molecule has 126 valence electrons. The summed E-state index contributed by atoms with van der Waals surface area (Å²) in [6, 6.07) is 4.26. The Morgan fingerprint density at radius 1 is 1.38 bits per heavy atom. The molecule has 24 heavy (non-hydrogen) atoms. The van der Waals surface area contributed by atoms with Crippen LogP contribution in [0.3, 0.4) is 0 Å². The minimum Gasteiger partial charge on any atom is -0.338 e. The summed E-state index contributed by atoms with van der Waals surface area (Å²) in [5.74, 6) is 0.312. The molecule has 1 aromatic carbocycles. The molecule has 0 aliphatic carbocycles. The van der Waals surface area contributed by atoms with E-state index >= 15 is 0 Å². The topological polar surface area (TPSA) is 58.1 Å². The fraction of sp³-hybridized carbons (Fsp3) is 0.353. The number of rotatable bonds is 3. The van der Waals surface area contributed by atoms with Crippen molar-refractivity contribution in [1.29, 1.82) is 0 Å². The van der Waals surface area contributed by atoms with Crippen molar-refractivity contribution in [1.82, 2.24) is 14.9 Å². The predicted octanol–water partition coefficient (Wildman–Crippen LogP) is 3.88. The summed E-state index contributed by atoms with van der Waals surface area (Å²) >= 11 is 5.74. The summed E-state index contributed by atoms with van der Waals surface area (Å²) in [6.07, 6.45) is 5.19. The molecule has 0 saturated carbocycles. The zero-order valence-corrected chi connectivity index (χ0v) is 14.1. The van der Waals surface area contributed by atoms with Crippen LogP contribution in [-0.2, 0) is 0 Å². The maximum absolute atomic E-state index is 13.2. The van der Waals surface area contributed by atoms with Gasteiger partial charge >= 0.3 is 0 Å². The lowest BCUT2D eigenvalue weighted by Gasteiger charge is -2.30. The van der Waals surface area contributed by atoms with E-state index in [0.717, 1.165) is 25.9 Å². The van der Waals surface area contributed by atoms with Gasteiger partial charge in [0, 0.05) is 31.2 Å². The molecule has 5 nitrogen and oxygen atoms in total. The Morgan fingerprint density at radius 3 is 2.79 bits per heavy atom. The van der Waals surface area contributed by atoms with Crippen LogP contribution in [0.15, 0.2) is 30.6 Å². The maximum Gasteiger partial charge on any atom is 0.257 e. The number of hydrogen-bond donors (Lipinski definition) is 1. The van der Waals surface area contributed by atoms with E-state index in [9.17, 15) is 9.18 Å². The Morgan fingerprint density at radius 2 is 2.12 bits per heavy atom. The first-order valence-electron chi connectivity index (χ1n) is 7.86. The van der Waals surface area contributed by atoms with E-state index in [1.807, 2.05) is 4.90 Å². The zero-order chi connectivity index (χ0) is 17.1. The monoisotopic (exact) mass is 348 g/mol. The van der Waals surface area contributed by atoms with Crippen LogP contribution in [0.25, 0.3) is 0 Å². The molecule has 2 aromatic rings. The molecule has 0 radical (unpaired) electrons. The van der Waals surface area contributed by atoms with Crippen LogP contribution in [-0.4, -0.2) is 33.9 Å². The second-order valence-corrected chi connectivity index (χ2v) is 6.46. The first-order chi connectivity index (χ1) is 11.5. The van der Waals surface area contributed by atoms with Gasteiger partial charge in [-0.15, -0.1) is 0 Å². The van der Waals surface area contributed by atoms with Gasteiger partial charge in [0.25, 0.3) is 5.91 Å². The van der Waals surface area contributed by atoms with Crippen molar-refractivity contribution in [3.8, 4) is 0 Å². The van der Waals surface area contributed by atoms with Crippen molar-refractivity contribution < 1.29 is 9.18 Å². The number of anilines is 2. The average molecular weight is 349 g/mol. The van der Waals surface area contributed by atoms with E-state index < -0.39 is 5.82 Å². The second-order valence-electron chi connectivity index (χ2n) is 6.05. The number of aromatic nitrogens is 2.